The van der Waals surface area contributed by atoms with Crippen LogP contribution in [-0.4, -0.2) is 23.0 Å². The number of carbonyl (C=O) groups excluding carboxylic acids is 1. The number of fused-ring (bicyclic) bond motifs is 1. The highest BCUT2D eigenvalue weighted by atomic mass is 16.5. The van der Waals surface area contributed by atoms with Gasteiger partial charge in [-0.1, -0.05) is 18.2 Å². The number of benzene rings is 1. The lowest BCUT2D eigenvalue weighted by Gasteiger charge is -2.08. The van der Waals surface area contributed by atoms with Crippen molar-refractivity contribution >= 4 is 16.9 Å². The van der Waals surface area contributed by atoms with Gasteiger partial charge in [-0.15, -0.1) is 0 Å². The van der Waals surface area contributed by atoms with Gasteiger partial charge in [-0.25, -0.2) is 9.78 Å². The van der Waals surface area contributed by atoms with Gasteiger partial charge in [-0.05, 0) is 24.3 Å². The number of methoxy groups -OCH3 is 1. The molecular weight excluding hydrogens is 252 g/mol. The molecule has 4 heteroatoms. The molecule has 0 aliphatic rings. The molecule has 0 spiro atoms. The molecule has 4 nitrogen and oxygen atoms in total. The Labute approximate surface area is 116 Å². The minimum Gasteiger partial charge on any atom is -0.465 e. The van der Waals surface area contributed by atoms with Gasteiger partial charge in [0.05, 0.1) is 23.9 Å². The summed E-state index contributed by atoms with van der Waals surface area (Å²) in [5.41, 5.74) is 2.84. The Morgan fingerprint density at radius 3 is 2.75 bits per heavy atom. The van der Waals surface area contributed by atoms with Crippen LogP contribution in [0.2, 0.25) is 0 Å². The molecule has 0 bridgehead atoms. The first-order chi connectivity index (χ1) is 9.79. The summed E-state index contributed by atoms with van der Waals surface area (Å²) in [5.74, 6) is -0.367. The summed E-state index contributed by atoms with van der Waals surface area (Å²) in [4.78, 5) is 20.6. The monoisotopic (exact) mass is 264 g/mol. The Bertz CT molecular complexity index is 770. The number of nitrogens with zero attached hydrogens (tertiary/aromatic N) is 2. The standard InChI is InChI=1S/C16H12N2O2/c1-20-16(19)13-9-15(11-5-4-8-17-10-11)18-14-7-3-2-6-12(13)14/h2-10H,1H3. The van der Waals surface area contributed by atoms with Gasteiger partial charge < -0.3 is 4.74 Å². The van der Waals surface area contributed by atoms with E-state index in [4.69, 9.17) is 4.74 Å². The number of carbonyl (C=O) groups is 1. The Morgan fingerprint density at radius 2 is 2.00 bits per heavy atom. The lowest BCUT2D eigenvalue weighted by atomic mass is 10.1. The first-order valence-corrected chi connectivity index (χ1v) is 6.18. The third kappa shape index (κ3) is 2.12. The molecule has 0 amide bonds. The predicted molar refractivity (Wildman–Crippen MR) is 76.3 cm³/mol. The van der Waals surface area contributed by atoms with Crippen LogP contribution in [0, 0.1) is 0 Å². The van der Waals surface area contributed by atoms with Crippen LogP contribution in [-0.2, 0) is 4.74 Å². The number of aromatic nitrogens is 2. The Hall–Kier alpha value is -2.75. The van der Waals surface area contributed by atoms with E-state index < -0.39 is 0 Å². The maximum Gasteiger partial charge on any atom is 0.338 e. The Balaban J connectivity index is 2.28. The molecule has 0 aliphatic heterocycles. The molecule has 0 fully saturated rings. The number of para-hydroxylation sites is 1. The highest BCUT2D eigenvalue weighted by molar-refractivity contribution is 6.04. The van der Waals surface area contributed by atoms with Gasteiger partial charge in [-0.3, -0.25) is 4.98 Å². The number of hydrogen-bond donors (Lipinski definition) is 0. The van der Waals surface area contributed by atoms with Crippen molar-refractivity contribution in [3.63, 3.8) is 0 Å². The van der Waals surface area contributed by atoms with Gasteiger partial charge in [-0.2, -0.15) is 0 Å². The maximum atomic E-state index is 11.9. The second-order valence-corrected chi connectivity index (χ2v) is 4.31. The molecule has 0 saturated carbocycles. The fourth-order valence-electron chi connectivity index (χ4n) is 2.12. The van der Waals surface area contributed by atoms with Crippen molar-refractivity contribution in [2.24, 2.45) is 0 Å². The third-order valence-electron chi connectivity index (χ3n) is 3.08. The molecule has 0 unspecified atom stereocenters. The normalized spacial score (nSPS) is 10.4. The Kier molecular flexibility index (Phi) is 3.13. The van der Waals surface area contributed by atoms with Crippen LogP contribution < -0.4 is 0 Å². The van der Waals surface area contributed by atoms with Gasteiger partial charge in [0.2, 0.25) is 0 Å². The lowest BCUT2D eigenvalue weighted by Crippen LogP contribution is -2.03. The fourth-order valence-corrected chi connectivity index (χ4v) is 2.12. The minimum absolute atomic E-state index is 0.367. The molecule has 0 N–H and O–H groups in total. The highest BCUT2D eigenvalue weighted by Gasteiger charge is 2.13. The summed E-state index contributed by atoms with van der Waals surface area (Å²) in [6.07, 6.45) is 3.42. The summed E-state index contributed by atoms with van der Waals surface area (Å²) in [6.45, 7) is 0. The number of esters is 1. The van der Waals surface area contributed by atoms with Crippen molar-refractivity contribution in [3.05, 3.63) is 60.4 Å². The van der Waals surface area contributed by atoms with Crippen molar-refractivity contribution < 1.29 is 9.53 Å². The molecule has 2 aromatic heterocycles. The van der Waals surface area contributed by atoms with Gasteiger partial charge in [0, 0.05) is 23.3 Å². The van der Waals surface area contributed by atoms with E-state index in [9.17, 15) is 4.79 Å². The third-order valence-corrected chi connectivity index (χ3v) is 3.08. The van der Waals surface area contributed by atoms with Crippen LogP contribution in [0.5, 0.6) is 0 Å². The molecule has 3 aromatic rings. The van der Waals surface area contributed by atoms with Gasteiger partial charge in [0.25, 0.3) is 0 Å². The zero-order chi connectivity index (χ0) is 13.9. The molecule has 0 saturated heterocycles. The number of pyridine rings is 2. The molecule has 0 aliphatic carbocycles. The van der Waals surface area contributed by atoms with Crippen LogP contribution in [0.3, 0.4) is 0 Å². The summed E-state index contributed by atoms with van der Waals surface area (Å²) in [5, 5.41) is 0.784. The van der Waals surface area contributed by atoms with Crippen LogP contribution in [0.1, 0.15) is 10.4 Å². The van der Waals surface area contributed by atoms with Gasteiger partial charge in [0.1, 0.15) is 0 Å². The molecule has 3 rings (SSSR count). The van der Waals surface area contributed by atoms with Gasteiger partial charge >= 0.3 is 5.97 Å². The van der Waals surface area contributed by atoms with E-state index in [0.29, 0.717) is 11.3 Å². The maximum absolute atomic E-state index is 11.9. The molecule has 1 aromatic carbocycles. The quantitative estimate of drug-likeness (QED) is 0.667. The molecule has 0 radical (unpaired) electrons. The summed E-state index contributed by atoms with van der Waals surface area (Å²) < 4.78 is 4.85. The van der Waals surface area contributed by atoms with E-state index in [1.165, 1.54) is 7.11 Å². The first kappa shape index (κ1) is 12.3. The summed E-state index contributed by atoms with van der Waals surface area (Å²) >= 11 is 0. The molecule has 0 atom stereocenters. The predicted octanol–water partition coefficient (Wildman–Crippen LogP) is 3.08. The van der Waals surface area contributed by atoms with E-state index >= 15 is 0 Å². The lowest BCUT2D eigenvalue weighted by molar-refractivity contribution is 0.0603. The first-order valence-electron chi connectivity index (χ1n) is 6.18. The zero-order valence-electron chi connectivity index (χ0n) is 10.9. The molecule has 98 valence electrons. The molecular formula is C16H12N2O2. The van der Waals surface area contributed by atoms with Crippen molar-refractivity contribution in [1.29, 1.82) is 0 Å². The summed E-state index contributed by atoms with van der Waals surface area (Å²) in [7, 11) is 1.38. The average molecular weight is 264 g/mol. The van der Waals surface area contributed by atoms with Crippen molar-refractivity contribution in [1.82, 2.24) is 9.97 Å². The largest absolute Gasteiger partial charge is 0.465 e. The van der Waals surface area contributed by atoms with Crippen LogP contribution in [0.4, 0.5) is 0 Å². The van der Waals surface area contributed by atoms with E-state index in [-0.39, 0.29) is 5.97 Å². The second kappa shape index (κ2) is 5.09. The Morgan fingerprint density at radius 1 is 1.15 bits per heavy atom. The smallest absolute Gasteiger partial charge is 0.338 e. The summed E-state index contributed by atoms with van der Waals surface area (Å²) in [6, 6.07) is 13.0. The van der Waals surface area contributed by atoms with Crippen LogP contribution in [0.15, 0.2) is 54.9 Å². The molecule has 2 heterocycles. The minimum atomic E-state index is -0.367. The van der Waals surface area contributed by atoms with Gasteiger partial charge in [0.15, 0.2) is 0 Å². The van der Waals surface area contributed by atoms with Crippen molar-refractivity contribution in [3.8, 4) is 11.3 Å². The topological polar surface area (TPSA) is 52.1 Å². The SMILES string of the molecule is COC(=O)c1cc(-c2cccnc2)nc2ccccc12. The second-order valence-electron chi connectivity index (χ2n) is 4.31. The highest BCUT2D eigenvalue weighted by Crippen LogP contribution is 2.24. The number of rotatable bonds is 2. The van der Waals surface area contributed by atoms with Crippen molar-refractivity contribution in [2.75, 3.05) is 7.11 Å². The van der Waals surface area contributed by atoms with Crippen molar-refractivity contribution in [2.45, 2.75) is 0 Å². The number of hydrogen-bond acceptors (Lipinski definition) is 4. The molecule has 20 heavy (non-hydrogen) atoms. The van der Waals surface area contributed by atoms with E-state index in [1.807, 2.05) is 36.4 Å². The average Bonchev–Trinajstić information content (AvgIpc) is 2.54. The van der Waals surface area contributed by atoms with E-state index in [1.54, 1.807) is 18.5 Å². The van der Waals surface area contributed by atoms with E-state index in [0.717, 1.165) is 16.5 Å². The van der Waals surface area contributed by atoms with Crippen LogP contribution in [0.25, 0.3) is 22.2 Å². The van der Waals surface area contributed by atoms with E-state index in [2.05, 4.69) is 9.97 Å². The zero-order valence-corrected chi connectivity index (χ0v) is 10.9. The fraction of sp³-hybridized carbons (Fsp3) is 0.0625. The van der Waals surface area contributed by atoms with Crippen LogP contribution >= 0.6 is 0 Å². The number of ether oxygens (including phenoxy) is 1.